The van der Waals surface area contributed by atoms with E-state index in [0.717, 1.165) is 0 Å². The number of methoxy groups -OCH3 is 1. The Morgan fingerprint density at radius 2 is 1.81 bits per heavy atom. The van der Waals surface area contributed by atoms with Gasteiger partial charge < -0.3 is 18.2 Å². The van der Waals surface area contributed by atoms with Crippen LogP contribution in [-0.4, -0.2) is 27.3 Å². The number of hydrogen-bond acceptors (Lipinski definition) is 6. The number of furan rings is 1. The molecule has 0 bridgehead atoms. The van der Waals surface area contributed by atoms with E-state index in [-0.39, 0.29) is 5.76 Å². The molecule has 0 N–H and O–H groups in total. The predicted molar refractivity (Wildman–Crippen MR) is 76.7 cm³/mol. The Kier molecular flexibility index (Phi) is 4.63. The smallest absolute Gasteiger partial charge is 0.373 e. The van der Waals surface area contributed by atoms with E-state index in [1.54, 1.807) is 30.3 Å². The monoisotopic (exact) mass is 310 g/mol. The second-order valence-corrected chi connectivity index (χ2v) is 6.31. The maximum Gasteiger partial charge on any atom is 0.373 e. The van der Waals surface area contributed by atoms with Crippen molar-refractivity contribution < 1.29 is 27.6 Å². The van der Waals surface area contributed by atoms with Gasteiger partial charge in [0.15, 0.2) is 0 Å². The molecule has 0 spiro atoms. The van der Waals surface area contributed by atoms with Gasteiger partial charge in [0.1, 0.15) is 5.76 Å². The summed E-state index contributed by atoms with van der Waals surface area (Å²) in [4.78, 5) is 11.4. The number of hydrogen-bond donors (Lipinski definition) is 0. The molecule has 2 aromatic rings. The highest BCUT2D eigenvalue weighted by Crippen LogP contribution is 2.45. The fourth-order valence-electron chi connectivity index (χ4n) is 1.82. The topological polar surface area (TPSA) is 75.0 Å². The minimum absolute atomic E-state index is 0.0968. The largest absolute Gasteiger partial charge is 0.463 e. The molecule has 0 saturated heterocycles. The van der Waals surface area contributed by atoms with E-state index in [2.05, 4.69) is 4.74 Å². The van der Waals surface area contributed by atoms with Crippen molar-refractivity contribution in [3.05, 3.63) is 42.2 Å². The van der Waals surface area contributed by atoms with E-state index in [9.17, 15) is 9.36 Å². The molecule has 1 aromatic carbocycles. The summed E-state index contributed by atoms with van der Waals surface area (Å²) in [6.45, 7) is 0. The molecule has 0 saturated carbocycles. The lowest BCUT2D eigenvalue weighted by atomic mass is 10.2. The van der Waals surface area contributed by atoms with Crippen molar-refractivity contribution in [2.24, 2.45) is 0 Å². The molecule has 0 aliphatic carbocycles. The molecular formula is C14H15O6P. The Bertz CT molecular complexity index is 682. The first-order valence-electron chi connectivity index (χ1n) is 6.04. The summed E-state index contributed by atoms with van der Waals surface area (Å²) < 4.78 is 32.2. The van der Waals surface area contributed by atoms with Gasteiger partial charge in [0.2, 0.25) is 5.76 Å². The Labute approximate surface area is 122 Å². The molecule has 1 aromatic heterocycles. The second-order valence-electron chi connectivity index (χ2n) is 4.07. The third kappa shape index (κ3) is 3.08. The van der Waals surface area contributed by atoms with Crippen molar-refractivity contribution in [3.8, 4) is 11.3 Å². The van der Waals surface area contributed by atoms with Gasteiger partial charge in [-0.25, -0.2) is 4.79 Å². The molecule has 0 fully saturated rings. The zero-order chi connectivity index (χ0) is 15.5. The first kappa shape index (κ1) is 15.5. The fourth-order valence-corrected chi connectivity index (χ4v) is 2.95. The lowest BCUT2D eigenvalue weighted by Gasteiger charge is -2.14. The quantitative estimate of drug-likeness (QED) is 0.624. The van der Waals surface area contributed by atoms with Crippen LogP contribution in [0.5, 0.6) is 0 Å². The first-order chi connectivity index (χ1) is 10.0. The van der Waals surface area contributed by atoms with Crippen LogP contribution in [0.4, 0.5) is 0 Å². The number of carbonyl (C=O) groups excluding carboxylic acids is 1. The summed E-state index contributed by atoms with van der Waals surface area (Å²) in [7, 11) is 0.581. The van der Waals surface area contributed by atoms with Gasteiger partial charge in [-0.15, -0.1) is 0 Å². The highest BCUT2D eigenvalue weighted by atomic mass is 31.2. The van der Waals surface area contributed by atoms with E-state index in [4.69, 9.17) is 13.5 Å². The van der Waals surface area contributed by atoms with Crippen LogP contribution in [0.3, 0.4) is 0 Å². The number of ether oxygens (including phenoxy) is 1. The Balaban J connectivity index is 2.40. The van der Waals surface area contributed by atoms with E-state index >= 15 is 0 Å². The summed E-state index contributed by atoms with van der Waals surface area (Å²) in [6, 6.07) is 9.89. The summed E-state index contributed by atoms with van der Waals surface area (Å²) in [5.41, 5.74) is 0.650. The van der Waals surface area contributed by atoms with E-state index in [0.29, 0.717) is 16.6 Å². The normalized spacial score (nSPS) is 11.4. The van der Waals surface area contributed by atoms with Crippen LogP contribution in [0.25, 0.3) is 11.3 Å². The van der Waals surface area contributed by atoms with E-state index in [1.165, 1.54) is 27.4 Å². The van der Waals surface area contributed by atoms with Crippen LogP contribution in [0.15, 0.2) is 40.8 Å². The van der Waals surface area contributed by atoms with Gasteiger partial charge in [0.05, 0.1) is 12.4 Å². The zero-order valence-corrected chi connectivity index (χ0v) is 12.8. The van der Waals surface area contributed by atoms with Crippen molar-refractivity contribution in [1.29, 1.82) is 0 Å². The molecule has 1 heterocycles. The fraction of sp³-hybridized carbons (Fsp3) is 0.214. The standard InChI is InChI=1S/C14H15O6P/c1-17-14(15)13-8-7-12(20-13)10-5-4-6-11(9-10)21(16,18-2)19-3/h4-9H,1-3H3. The Morgan fingerprint density at radius 3 is 2.43 bits per heavy atom. The minimum Gasteiger partial charge on any atom is -0.463 e. The predicted octanol–water partition coefficient (Wildman–Crippen LogP) is 2.84. The molecule has 0 atom stereocenters. The van der Waals surface area contributed by atoms with Gasteiger partial charge in [0.25, 0.3) is 0 Å². The molecule has 6 nitrogen and oxygen atoms in total. The van der Waals surface area contributed by atoms with Crippen molar-refractivity contribution in [1.82, 2.24) is 0 Å². The number of carbonyl (C=O) groups is 1. The average Bonchev–Trinajstić information content (AvgIpc) is 3.03. The van der Waals surface area contributed by atoms with Gasteiger partial charge in [-0.1, -0.05) is 12.1 Å². The van der Waals surface area contributed by atoms with Crippen LogP contribution in [-0.2, 0) is 18.3 Å². The summed E-state index contributed by atoms with van der Waals surface area (Å²) in [6.07, 6.45) is 0. The van der Waals surface area contributed by atoms with Crippen molar-refractivity contribution in [2.75, 3.05) is 21.3 Å². The maximum atomic E-state index is 12.3. The summed E-state index contributed by atoms with van der Waals surface area (Å²) >= 11 is 0. The number of rotatable bonds is 5. The minimum atomic E-state index is -3.33. The van der Waals surface area contributed by atoms with Crippen LogP contribution < -0.4 is 5.30 Å². The van der Waals surface area contributed by atoms with Crippen LogP contribution in [0.1, 0.15) is 10.6 Å². The Morgan fingerprint density at radius 1 is 1.10 bits per heavy atom. The zero-order valence-electron chi connectivity index (χ0n) is 11.9. The summed E-state index contributed by atoms with van der Waals surface area (Å²) in [5, 5.41) is 0.404. The first-order valence-corrected chi connectivity index (χ1v) is 7.59. The molecule has 0 amide bonds. The van der Waals surface area contributed by atoms with Crippen molar-refractivity contribution in [2.45, 2.75) is 0 Å². The van der Waals surface area contributed by atoms with Crippen LogP contribution in [0.2, 0.25) is 0 Å². The third-order valence-corrected chi connectivity index (χ3v) is 4.79. The second kappa shape index (κ2) is 6.26. The third-order valence-electron chi connectivity index (χ3n) is 2.92. The van der Waals surface area contributed by atoms with Gasteiger partial charge in [-0.3, -0.25) is 4.57 Å². The highest BCUT2D eigenvalue weighted by Gasteiger charge is 2.25. The number of esters is 1. The van der Waals surface area contributed by atoms with Crippen LogP contribution in [0, 0.1) is 0 Å². The molecular weight excluding hydrogens is 295 g/mol. The van der Waals surface area contributed by atoms with Crippen LogP contribution >= 0.6 is 7.60 Å². The van der Waals surface area contributed by atoms with Gasteiger partial charge >= 0.3 is 13.6 Å². The van der Waals surface area contributed by atoms with E-state index in [1.807, 2.05) is 0 Å². The SMILES string of the molecule is COC(=O)c1ccc(-c2cccc(P(=O)(OC)OC)c2)o1. The molecule has 21 heavy (non-hydrogen) atoms. The summed E-state index contributed by atoms with van der Waals surface area (Å²) in [5.74, 6) is -0.00701. The molecule has 0 aliphatic heterocycles. The van der Waals surface area contributed by atoms with Gasteiger partial charge in [0, 0.05) is 19.8 Å². The molecule has 0 aliphatic rings. The van der Waals surface area contributed by atoms with E-state index < -0.39 is 13.6 Å². The molecule has 112 valence electrons. The molecule has 2 rings (SSSR count). The van der Waals surface area contributed by atoms with Gasteiger partial charge in [-0.05, 0) is 24.3 Å². The molecule has 7 heteroatoms. The lowest BCUT2D eigenvalue weighted by Crippen LogP contribution is -2.07. The highest BCUT2D eigenvalue weighted by molar-refractivity contribution is 7.62. The van der Waals surface area contributed by atoms with Crippen molar-refractivity contribution >= 4 is 18.9 Å². The number of benzene rings is 1. The van der Waals surface area contributed by atoms with Gasteiger partial charge in [-0.2, -0.15) is 0 Å². The van der Waals surface area contributed by atoms with Crippen molar-refractivity contribution in [3.63, 3.8) is 0 Å². The maximum absolute atomic E-state index is 12.3. The average molecular weight is 310 g/mol. The lowest BCUT2D eigenvalue weighted by molar-refractivity contribution is 0.0566. The Hall–Kier alpha value is -1.88. The molecule has 0 radical (unpaired) electrons. The molecule has 0 unspecified atom stereocenters.